The first-order valence-corrected chi connectivity index (χ1v) is 6.26. The van der Waals surface area contributed by atoms with Gasteiger partial charge in [0.05, 0.1) is 11.8 Å². The lowest BCUT2D eigenvalue weighted by molar-refractivity contribution is 1.50. The molecular weight excluding hydrogens is 288 g/mol. The molecule has 0 aromatic heterocycles. The van der Waals surface area contributed by atoms with Crippen LogP contribution in [0.2, 0.25) is 0 Å². The molecule has 0 bridgehead atoms. The Bertz CT molecular complexity index is 580. The lowest BCUT2D eigenvalue weighted by Gasteiger charge is -2.10. The van der Waals surface area contributed by atoms with Crippen LogP contribution in [-0.2, 0) is 0 Å². The number of nitrogens with one attached hydrogen (secondary N) is 1. The van der Waals surface area contributed by atoms with Gasteiger partial charge >= 0.3 is 0 Å². The summed E-state index contributed by atoms with van der Waals surface area (Å²) in [5, 5.41) is 12.1. The van der Waals surface area contributed by atoms with Crippen LogP contribution in [0, 0.1) is 11.3 Å². The highest BCUT2D eigenvalue weighted by Crippen LogP contribution is 2.20. The van der Waals surface area contributed by atoms with E-state index < -0.39 is 0 Å². The Morgan fingerprint density at radius 1 is 1.06 bits per heavy atom. The van der Waals surface area contributed by atoms with Crippen LogP contribution in [0.25, 0.3) is 5.70 Å². The van der Waals surface area contributed by atoms with E-state index in [1.807, 2.05) is 54.6 Å². The molecule has 0 saturated carbocycles. The molecule has 0 saturated heterocycles. The molecule has 3 heteroatoms. The van der Waals surface area contributed by atoms with Gasteiger partial charge in [0.15, 0.2) is 0 Å². The maximum Gasteiger partial charge on any atom is 0.0934 e. The first-order valence-electron chi connectivity index (χ1n) is 5.47. The van der Waals surface area contributed by atoms with Crippen molar-refractivity contribution in [1.29, 1.82) is 5.26 Å². The minimum Gasteiger partial charge on any atom is -0.354 e. The number of anilines is 1. The summed E-state index contributed by atoms with van der Waals surface area (Å²) in [5.41, 5.74) is 2.73. The molecule has 0 spiro atoms. The third-order valence-electron chi connectivity index (χ3n) is 2.42. The molecule has 0 fully saturated rings. The molecular formula is C15H11BrN2. The van der Waals surface area contributed by atoms with Crippen molar-refractivity contribution in [1.82, 2.24) is 0 Å². The van der Waals surface area contributed by atoms with Gasteiger partial charge in [-0.1, -0.05) is 46.3 Å². The maximum atomic E-state index is 8.85. The molecule has 0 heterocycles. The lowest BCUT2D eigenvalue weighted by atomic mass is 10.1. The Hall–Kier alpha value is -2.05. The molecule has 2 nitrogen and oxygen atoms in total. The number of rotatable bonds is 3. The van der Waals surface area contributed by atoms with Crippen molar-refractivity contribution in [3.8, 4) is 6.07 Å². The molecule has 0 atom stereocenters. The fraction of sp³-hybridized carbons (Fsp3) is 0. The summed E-state index contributed by atoms with van der Waals surface area (Å²) in [5.74, 6) is 0. The van der Waals surface area contributed by atoms with Gasteiger partial charge in [-0.25, -0.2) is 0 Å². The minimum absolute atomic E-state index is 0.792. The van der Waals surface area contributed by atoms with Crippen LogP contribution in [-0.4, -0.2) is 0 Å². The van der Waals surface area contributed by atoms with E-state index in [-0.39, 0.29) is 0 Å². The van der Waals surface area contributed by atoms with Gasteiger partial charge in [-0.15, -0.1) is 0 Å². The molecule has 0 aliphatic heterocycles. The van der Waals surface area contributed by atoms with E-state index in [1.54, 1.807) is 0 Å². The summed E-state index contributed by atoms with van der Waals surface area (Å²) in [6.45, 7) is 0. The van der Waals surface area contributed by atoms with Gasteiger partial charge in [0.25, 0.3) is 0 Å². The topological polar surface area (TPSA) is 35.8 Å². The van der Waals surface area contributed by atoms with Crippen LogP contribution in [0.3, 0.4) is 0 Å². The summed E-state index contributed by atoms with van der Waals surface area (Å²) in [6.07, 6.45) is 1.51. The predicted octanol–water partition coefficient (Wildman–Crippen LogP) is 4.43. The average Bonchev–Trinajstić information content (AvgIpc) is 2.42. The largest absolute Gasteiger partial charge is 0.354 e. The molecule has 2 aromatic rings. The highest BCUT2D eigenvalue weighted by atomic mass is 79.9. The first-order chi connectivity index (χ1) is 8.79. The van der Waals surface area contributed by atoms with E-state index in [1.165, 1.54) is 6.08 Å². The van der Waals surface area contributed by atoms with E-state index in [0.717, 1.165) is 21.4 Å². The molecule has 0 radical (unpaired) electrons. The van der Waals surface area contributed by atoms with E-state index in [9.17, 15) is 0 Å². The highest BCUT2D eigenvalue weighted by molar-refractivity contribution is 9.10. The monoisotopic (exact) mass is 298 g/mol. The van der Waals surface area contributed by atoms with Crippen molar-refractivity contribution in [3.63, 3.8) is 0 Å². The number of nitriles is 1. The van der Waals surface area contributed by atoms with Gasteiger partial charge in [0.2, 0.25) is 0 Å². The van der Waals surface area contributed by atoms with Gasteiger partial charge in [-0.2, -0.15) is 5.26 Å². The predicted molar refractivity (Wildman–Crippen MR) is 77.8 cm³/mol. The minimum atomic E-state index is 0.792. The average molecular weight is 299 g/mol. The molecule has 18 heavy (non-hydrogen) atoms. The summed E-state index contributed by atoms with van der Waals surface area (Å²) < 4.78 is 1.03. The second kappa shape index (κ2) is 6.04. The zero-order valence-corrected chi connectivity index (χ0v) is 11.2. The van der Waals surface area contributed by atoms with Crippen molar-refractivity contribution in [2.24, 2.45) is 0 Å². The van der Waals surface area contributed by atoms with Gasteiger partial charge in [0.1, 0.15) is 0 Å². The molecule has 1 N–H and O–H groups in total. The zero-order chi connectivity index (χ0) is 12.8. The second-order valence-electron chi connectivity index (χ2n) is 3.69. The van der Waals surface area contributed by atoms with E-state index in [2.05, 4.69) is 27.3 Å². The van der Waals surface area contributed by atoms with Crippen molar-refractivity contribution < 1.29 is 0 Å². The summed E-state index contributed by atoms with van der Waals surface area (Å²) >= 11 is 3.39. The Balaban J connectivity index is 2.26. The molecule has 0 aliphatic carbocycles. The van der Waals surface area contributed by atoms with Gasteiger partial charge in [-0.3, -0.25) is 0 Å². The molecule has 0 amide bonds. The van der Waals surface area contributed by atoms with Crippen molar-refractivity contribution >= 4 is 27.3 Å². The van der Waals surface area contributed by atoms with Crippen LogP contribution in [0.1, 0.15) is 5.56 Å². The number of hydrogen-bond donors (Lipinski definition) is 1. The van der Waals surface area contributed by atoms with E-state index in [0.29, 0.717) is 0 Å². The number of nitrogens with zero attached hydrogens (tertiary/aromatic N) is 1. The molecule has 2 rings (SSSR count). The quantitative estimate of drug-likeness (QED) is 0.851. The van der Waals surface area contributed by atoms with Crippen LogP contribution < -0.4 is 5.32 Å². The van der Waals surface area contributed by atoms with Gasteiger partial charge in [0, 0.05) is 16.2 Å². The normalized spacial score (nSPS) is 10.8. The van der Waals surface area contributed by atoms with Gasteiger partial charge < -0.3 is 5.32 Å². The highest BCUT2D eigenvalue weighted by Gasteiger charge is 2.01. The molecule has 2 aromatic carbocycles. The van der Waals surface area contributed by atoms with Gasteiger partial charge in [-0.05, 0) is 29.8 Å². The third-order valence-corrected chi connectivity index (χ3v) is 2.95. The third kappa shape index (κ3) is 3.22. The summed E-state index contributed by atoms with van der Waals surface area (Å²) in [4.78, 5) is 0. The number of benzene rings is 2. The van der Waals surface area contributed by atoms with Crippen LogP contribution in [0.4, 0.5) is 5.69 Å². The molecule has 0 unspecified atom stereocenters. The van der Waals surface area contributed by atoms with E-state index >= 15 is 0 Å². The Morgan fingerprint density at radius 3 is 2.33 bits per heavy atom. The molecule has 88 valence electrons. The lowest BCUT2D eigenvalue weighted by Crippen LogP contribution is -1.98. The number of halogens is 1. The Morgan fingerprint density at radius 2 is 1.72 bits per heavy atom. The standard InChI is InChI=1S/C15H11BrN2/c16-13-6-8-14(9-7-13)18-15(10-11-17)12-4-2-1-3-5-12/h1-10,18H/b15-10+. The summed E-state index contributed by atoms with van der Waals surface area (Å²) in [7, 11) is 0. The number of allylic oxidation sites excluding steroid dienone is 1. The van der Waals surface area contributed by atoms with Crippen molar-refractivity contribution in [2.45, 2.75) is 0 Å². The van der Waals surface area contributed by atoms with E-state index in [4.69, 9.17) is 5.26 Å². The zero-order valence-electron chi connectivity index (χ0n) is 9.60. The fourth-order valence-electron chi connectivity index (χ4n) is 1.56. The summed E-state index contributed by atoms with van der Waals surface area (Å²) in [6, 6.07) is 19.7. The van der Waals surface area contributed by atoms with Crippen molar-refractivity contribution in [2.75, 3.05) is 5.32 Å². The molecule has 0 aliphatic rings. The smallest absolute Gasteiger partial charge is 0.0934 e. The second-order valence-corrected chi connectivity index (χ2v) is 4.60. The van der Waals surface area contributed by atoms with Crippen LogP contribution in [0.15, 0.2) is 65.1 Å². The maximum absolute atomic E-state index is 8.85. The SMILES string of the molecule is N#C/C=C(/Nc1ccc(Br)cc1)c1ccccc1. The van der Waals surface area contributed by atoms with Crippen LogP contribution in [0.5, 0.6) is 0 Å². The Kier molecular flexibility index (Phi) is 4.16. The van der Waals surface area contributed by atoms with Crippen molar-refractivity contribution in [3.05, 3.63) is 70.7 Å². The Labute approximate surface area is 115 Å². The fourth-order valence-corrected chi connectivity index (χ4v) is 1.83. The van der Waals surface area contributed by atoms with Crippen LogP contribution >= 0.6 is 15.9 Å². The first kappa shape index (κ1) is 12.4. The number of hydrogen-bond acceptors (Lipinski definition) is 2.